The fraction of sp³-hybridized carbons (Fsp3) is 0.444. The zero-order valence-corrected chi connectivity index (χ0v) is 8.90. The monoisotopic (exact) mass is 262 g/mol. The molecule has 0 saturated heterocycles. The Morgan fingerprint density at radius 1 is 0.667 bits per heavy atom. The predicted octanol–water partition coefficient (Wildman–Crippen LogP) is -1.09. The number of carbonyl (C=O) groups is 5. The standard InChI is InChI=1S/C9H10O9/c10-5(11)1-3(8(15)16)7(14)4(9(17)18)2-6(12)13/h3-4H,1-2H2,(H,10,11)(H,12,13)(H,15,16)(H,17,18). The van der Waals surface area contributed by atoms with Gasteiger partial charge in [-0.3, -0.25) is 24.0 Å². The fourth-order valence-corrected chi connectivity index (χ4v) is 1.21. The third-order valence-electron chi connectivity index (χ3n) is 2.04. The Hall–Kier alpha value is -2.45. The van der Waals surface area contributed by atoms with Crippen LogP contribution in [-0.4, -0.2) is 50.1 Å². The molecule has 0 aliphatic rings. The second-order valence-corrected chi connectivity index (χ2v) is 3.38. The Morgan fingerprint density at radius 3 is 1.11 bits per heavy atom. The molecule has 0 fully saturated rings. The van der Waals surface area contributed by atoms with Crippen molar-refractivity contribution in [2.24, 2.45) is 11.8 Å². The number of carboxylic acid groups (broad SMARTS) is 4. The normalized spacial score (nSPS) is 13.3. The second kappa shape index (κ2) is 6.33. The molecule has 2 atom stereocenters. The first-order chi connectivity index (χ1) is 8.16. The SMILES string of the molecule is O=C(O)CC(C(=O)O)C(=O)C(CC(=O)O)C(=O)O. The van der Waals surface area contributed by atoms with E-state index in [4.69, 9.17) is 20.4 Å². The van der Waals surface area contributed by atoms with Crippen molar-refractivity contribution in [2.45, 2.75) is 12.8 Å². The van der Waals surface area contributed by atoms with E-state index in [1.165, 1.54) is 0 Å². The molecule has 9 nitrogen and oxygen atoms in total. The van der Waals surface area contributed by atoms with Gasteiger partial charge in [-0.2, -0.15) is 0 Å². The maximum atomic E-state index is 11.5. The number of hydrogen-bond donors (Lipinski definition) is 4. The van der Waals surface area contributed by atoms with Crippen LogP contribution in [0.5, 0.6) is 0 Å². The van der Waals surface area contributed by atoms with Gasteiger partial charge in [0.2, 0.25) is 0 Å². The van der Waals surface area contributed by atoms with Crippen molar-refractivity contribution in [3.05, 3.63) is 0 Å². The molecule has 0 heterocycles. The lowest BCUT2D eigenvalue weighted by Crippen LogP contribution is -2.36. The summed E-state index contributed by atoms with van der Waals surface area (Å²) < 4.78 is 0. The van der Waals surface area contributed by atoms with Gasteiger partial charge < -0.3 is 20.4 Å². The van der Waals surface area contributed by atoms with Gasteiger partial charge >= 0.3 is 23.9 Å². The molecule has 18 heavy (non-hydrogen) atoms. The highest BCUT2D eigenvalue weighted by Crippen LogP contribution is 2.16. The first kappa shape index (κ1) is 15.6. The molecule has 0 aromatic rings. The first-order valence-electron chi connectivity index (χ1n) is 4.59. The fourth-order valence-electron chi connectivity index (χ4n) is 1.21. The molecule has 4 N–H and O–H groups in total. The van der Waals surface area contributed by atoms with Gasteiger partial charge in [-0.1, -0.05) is 0 Å². The average molecular weight is 262 g/mol. The molecule has 0 amide bonds. The summed E-state index contributed by atoms with van der Waals surface area (Å²) in [4.78, 5) is 53.5. The van der Waals surface area contributed by atoms with Gasteiger partial charge in [0.1, 0.15) is 11.8 Å². The van der Waals surface area contributed by atoms with Gasteiger partial charge in [-0.25, -0.2) is 0 Å². The van der Waals surface area contributed by atoms with Crippen LogP contribution in [0.4, 0.5) is 0 Å². The summed E-state index contributed by atoms with van der Waals surface area (Å²) in [6, 6.07) is 0. The van der Waals surface area contributed by atoms with Gasteiger partial charge in [0.15, 0.2) is 5.78 Å². The highest BCUT2D eigenvalue weighted by molar-refractivity contribution is 6.10. The minimum Gasteiger partial charge on any atom is -0.481 e. The van der Waals surface area contributed by atoms with E-state index >= 15 is 0 Å². The minimum absolute atomic E-state index is 1.10. The first-order valence-corrected chi connectivity index (χ1v) is 4.59. The van der Waals surface area contributed by atoms with E-state index in [0.29, 0.717) is 0 Å². The zero-order valence-electron chi connectivity index (χ0n) is 8.90. The summed E-state index contributed by atoms with van der Waals surface area (Å²) in [5.74, 6) is -12.4. The van der Waals surface area contributed by atoms with Crippen molar-refractivity contribution in [2.75, 3.05) is 0 Å². The van der Waals surface area contributed by atoms with Crippen molar-refractivity contribution in [1.29, 1.82) is 0 Å². The summed E-state index contributed by atoms with van der Waals surface area (Å²) >= 11 is 0. The molecule has 100 valence electrons. The summed E-state index contributed by atoms with van der Waals surface area (Å²) in [6.07, 6.45) is -2.20. The van der Waals surface area contributed by atoms with Gasteiger partial charge in [0.25, 0.3) is 0 Å². The Bertz CT molecular complexity index is 361. The van der Waals surface area contributed by atoms with E-state index in [9.17, 15) is 24.0 Å². The molecule has 0 aliphatic heterocycles. The van der Waals surface area contributed by atoms with Gasteiger partial charge in [0.05, 0.1) is 12.8 Å². The van der Waals surface area contributed by atoms with Crippen LogP contribution >= 0.6 is 0 Å². The van der Waals surface area contributed by atoms with E-state index < -0.39 is 54.3 Å². The van der Waals surface area contributed by atoms with Crippen LogP contribution in [0.15, 0.2) is 0 Å². The van der Waals surface area contributed by atoms with Crippen LogP contribution in [-0.2, 0) is 24.0 Å². The summed E-state index contributed by atoms with van der Waals surface area (Å²) in [5, 5.41) is 34.1. The number of ketones is 1. The van der Waals surface area contributed by atoms with E-state index in [1.54, 1.807) is 0 Å². The molecule has 0 aromatic heterocycles. The molecule has 0 saturated carbocycles. The van der Waals surface area contributed by atoms with Gasteiger partial charge in [-0.15, -0.1) is 0 Å². The third kappa shape index (κ3) is 4.60. The molecule has 9 heteroatoms. The number of carbonyl (C=O) groups excluding carboxylic acids is 1. The quantitative estimate of drug-likeness (QED) is 0.397. The predicted molar refractivity (Wildman–Crippen MR) is 51.8 cm³/mol. The maximum absolute atomic E-state index is 11.5. The smallest absolute Gasteiger partial charge is 0.314 e. The lowest BCUT2D eigenvalue weighted by atomic mass is 9.88. The molecule has 0 spiro atoms. The molecular formula is C9H10O9. The van der Waals surface area contributed by atoms with Crippen molar-refractivity contribution in [3.63, 3.8) is 0 Å². The topological polar surface area (TPSA) is 166 Å². The molecular weight excluding hydrogens is 252 g/mol. The minimum atomic E-state index is -2.08. The average Bonchev–Trinajstić information content (AvgIpc) is 2.20. The van der Waals surface area contributed by atoms with Crippen molar-refractivity contribution in [1.82, 2.24) is 0 Å². The zero-order chi connectivity index (χ0) is 14.5. The number of carboxylic acids is 4. The molecule has 2 unspecified atom stereocenters. The Labute approximate surface area is 99.6 Å². The van der Waals surface area contributed by atoms with E-state index in [2.05, 4.69) is 0 Å². The van der Waals surface area contributed by atoms with E-state index in [1.807, 2.05) is 0 Å². The largest absolute Gasteiger partial charge is 0.481 e. The summed E-state index contributed by atoms with van der Waals surface area (Å²) in [7, 11) is 0. The maximum Gasteiger partial charge on any atom is 0.314 e. The molecule has 0 aliphatic carbocycles. The molecule has 0 rings (SSSR count). The molecule has 0 bridgehead atoms. The Kier molecular flexibility index (Phi) is 5.46. The second-order valence-electron chi connectivity index (χ2n) is 3.38. The van der Waals surface area contributed by atoms with Crippen LogP contribution in [0.25, 0.3) is 0 Å². The summed E-state index contributed by atoms with van der Waals surface area (Å²) in [5.41, 5.74) is 0. The highest BCUT2D eigenvalue weighted by atomic mass is 16.4. The van der Waals surface area contributed by atoms with Crippen LogP contribution in [0.1, 0.15) is 12.8 Å². The van der Waals surface area contributed by atoms with Crippen molar-refractivity contribution in [3.8, 4) is 0 Å². The summed E-state index contributed by atoms with van der Waals surface area (Å²) in [6.45, 7) is 0. The molecule has 0 radical (unpaired) electrons. The van der Waals surface area contributed by atoms with Gasteiger partial charge in [-0.05, 0) is 0 Å². The van der Waals surface area contributed by atoms with Crippen molar-refractivity contribution >= 4 is 29.7 Å². The van der Waals surface area contributed by atoms with Crippen LogP contribution in [0.3, 0.4) is 0 Å². The van der Waals surface area contributed by atoms with Crippen LogP contribution < -0.4 is 0 Å². The van der Waals surface area contributed by atoms with Crippen molar-refractivity contribution < 1.29 is 44.4 Å². The lowest BCUT2D eigenvalue weighted by molar-refractivity contribution is -0.159. The van der Waals surface area contributed by atoms with E-state index in [-0.39, 0.29) is 0 Å². The van der Waals surface area contributed by atoms with Gasteiger partial charge in [0, 0.05) is 0 Å². The Balaban J connectivity index is 5.12. The number of rotatable bonds is 8. The van der Waals surface area contributed by atoms with E-state index in [0.717, 1.165) is 0 Å². The molecule has 0 aromatic carbocycles. The third-order valence-corrected chi connectivity index (χ3v) is 2.04. The number of aliphatic carboxylic acids is 4. The van der Waals surface area contributed by atoms with Crippen LogP contribution in [0.2, 0.25) is 0 Å². The number of Topliss-reactive ketones (excluding diaryl/α,β-unsaturated/α-hetero) is 1. The Morgan fingerprint density at radius 2 is 0.944 bits per heavy atom. The van der Waals surface area contributed by atoms with Crippen LogP contribution in [0, 0.1) is 11.8 Å². The number of hydrogen-bond acceptors (Lipinski definition) is 5. The lowest BCUT2D eigenvalue weighted by Gasteiger charge is -2.13. The highest BCUT2D eigenvalue weighted by Gasteiger charge is 2.38.